The molecule has 5 nitrogen and oxygen atoms in total. The second-order valence-electron chi connectivity index (χ2n) is 5.46. The molecule has 2 rings (SSSR count). The minimum Gasteiger partial charge on any atom is -0.394 e. The Balaban J connectivity index is 2.21. The molecule has 0 bridgehead atoms. The molecule has 1 aliphatic carbocycles. The van der Waals surface area contributed by atoms with Crippen molar-refractivity contribution in [2.24, 2.45) is 5.41 Å². The van der Waals surface area contributed by atoms with Gasteiger partial charge in [0.1, 0.15) is 0 Å². The van der Waals surface area contributed by atoms with Gasteiger partial charge < -0.3 is 10.2 Å². The summed E-state index contributed by atoms with van der Waals surface area (Å²) in [5.41, 5.74) is -0.545. The lowest BCUT2D eigenvalue weighted by Crippen LogP contribution is -2.46. The van der Waals surface area contributed by atoms with Gasteiger partial charge >= 0.3 is 0 Å². The van der Waals surface area contributed by atoms with Gasteiger partial charge in [0.25, 0.3) is 0 Å². The number of aliphatic hydroxyl groups excluding tert-OH is 2. The molecule has 0 radical (unpaired) electrons. The van der Waals surface area contributed by atoms with E-state index in [4.69, 9.17) is 10.2 Å². The molecule has 102 valence electrons. The van der Waals surface area contributed by atoms with Gasteiger partial charge in [-0.25, -0.2) is 0 Å². The highest BCUT2D eigenvalue weighted by molar-refractivity contribution is 6.06. The van der Waals surface area contributed by atoms with Crippen LogP contribution in [0.25, 0.3) is 0 Å². The van der Waals surface area contributed by atoms with Crippen LogP contribution in [0.5, 0.6) is 0 Å². The number of carbonyl (C=O) groups is 2. The average molecular weight is 255 g/mol. The van der Waals surface area contributed by atoms with Gasteiger partial charge in [0.05, 0.1) is 24.7 Å². The first-order valence-corrected chi connectivity index (χ1v) is 6.73. The summed E-state index contributed by atoms with van der Waals surface area (Å²) in [6, 6.07) is -0.771. The molecule has 1 spiro atoms. The molecule has 1 heterocycles. The molecule has 2 N–H and O–H groups in total. The van der Waals surface area contributed by atoms with E-state index in [1.54, 1.807) is 0 Å². The lowest BCUT2D eigenvalue weighted by molar-refractivity contribution is -0.146. The van der Waals surface area contributed by atoms with E-state index in [1.807, 2.05) is 0 Å². The zero-order valence-corrected chi connectivity index (χ0v) is 10.6. The fourth-order valence-electron chi connectivity index (χ4n) is 3.21. The molecule has 18 heavy (non-hydrogen) atoms. The Bertz CT molecular complexity index is 330. The molecule has 1 saturated heterocycles. The highest BCUT2D eigenvalue weighted by Crippen LogP contribution is 2.44. The van der Waals surface area contributed by atoms with E-state index in [0.717, 1.165) is 43.4 Å². The Morgan fingerprint density at radius 2 is 1.61 bits per heavy atom. The zero-order chi connectivity index (χ0) is 13.2. The molecule has 0 aromatic carbocycles. The number of carbonyl (C=O) groups excluding carboxylic acids is 2. The number of rotatable bonds is 3. The van der Waals surface area contributed by atoms with E-state index >= 15 is 0 Å². The minimum atomic E-state index is -0.771. The number of nitrogens with zero attached hydrogens (tertiary/aromatic N) is 1. The molecule has 2 aliphatic rings. The van der Waals surface area contributed by atoms with E-state index in [0.29, 0.717) is 0 Å². The maximum atomic E-state index is 12.5. The van der Waals surface area contributed by atoms with Crippen LogP contribution in [0.3, 0.4) is 0 Å². The second kappa shape index (κ2) is 5.36. The largest absolute Gasteiger partial charge is 0.394 e. The van der Waals surface area contributed by atoms with Crippen LogP contribution < -0.4 is 0 Å². The van der Waals surface area contributed by atoms with Gasteiger partial charge in [0.15, 0.2) is 0 Å². The quantitative estimate of drug-likeness (QED) is 0.717. The molecule has 1 aliphatic heterocycles. The summed E-state index contributed by atoms with van der Waals surface area (Å²) in [4.78, 5) is 25.6. The highest BCUT2D eigenvalue weighted by Gasteiger charge is 2.52. The third-order valence-electron chi connectivity index (χ3n) is 4.28. The maximum Gasteiger partial charge on any atom is 0.236 e. The molecule has 0 unspecified atom stereocenters. The van der Waals surface area contributed by atoms with E-state index in [-0.39, 0.29) is 31.4 Å². The fraction of sp³-hybridized carbons (Fsp3) is 0.846. The van der Waals surface area contributed by atoms with Gasteiger partial charge in [0, 0.05) is 6.42 Å². The first-order valence-electron chi connectivity index (χ1n) is 6.73. The lowest BCUT2D eigenvalue weighted by Gasteiger charge is -2.28. The summed E-state index contributed by atoms with van der Waals surface area (Å²) in [7, 11) is 0. The van der Waals surface area contributed by atoms with Crippen molar-refractivity contribution in [3.8, 4) is 0 Å². The maximum absolute atomic E-state index is 12.5. The van der Waals surface area contributed by atoms with Crippen LogP contribution in [0.15, 0.2) is 0 Å². The highest BCUT2D eigenvalue weighted by atomic mass is 16.3. The SMILES string of the molecule is O=C1CC2(CCCCCC2)C(=O)N1C(CO)CO. The smallest absolute Gasteiger partial charge is 0.236 e. The van der Waals surface area contributed by atoms with Crippen molar-refractivity contribution in [2.45, 2.75) is 51.0 Å². The van der Waals surface area contributed by atoms with Gasteiger partial charge in [0.2, 0.25) is 11.8 Å². The first-order chi connectivity index (χ1) is 8.64. The van der Waals surface area contributed by atoms with Crippen LogP contribution in [0.1, 0.15) is 44.9 Å². The van der Waals surface area contributed by atoms with Gasteiger partial charge in [-0.1, -0.05) is 25.7 Å². The van der Waals surface area contributed by atoms with Crippen LogP contribution >= 0.6 is 0 Å². The van der Waals surface area contributed by atoms with Crippen molar-refractivity contribution in [3.63, 3.8) is 0 Å². The Hall–Kier alpha value is -0.940. The van der Waals surface area contributed by atoms with Crippen molar-refractivity contribution < 1.29 is 19.8 Å². The van der Waals surface area contributed by atoms with Crippen LogP contribution in [-0.4, -0.2) is 46.2 Å². The van der Waals surface area contributed by atoms with E-state index in [2.05, 4.69) is 0 Å². The first kappa shape index (κ1) is 13.5. The molecule has 0 aromatic heterocycles. The second-order valence-corrected chi connectivity index (χ2v) is 5.46. The Kier molecular flexibility index (Phi) is 4.02. The molecule has 0 atom stereocenters. The Morgan fingerprint density at radius 3 is 2.11 bits per heavy atom. The monoisotopic (exact) mass is 255 g/mol. The number of hydrogen-bond donors (Lipinski definition) is 2. The summed E-state index contributed by atoms with van der Waals surface area (Å²) >= 11 is 0. The number of aliphatic hydroxyl groups is 2. The summed E-state index contributed by atoms with van der Waals surface area (Å²) < 4.78 is 0. The Morgan fingerprint density at radius 1 is 1.06 bits per heavy atom. The number of likely N-dealkylation sites (tertiary alicyclic amines) is 1. The summed E-state index contributed by atoms with van der Waals surface area (Å²) in [6.45, 7) is -0.742. The van der Waals surface area contributed by atoms with Crippen molar-refractivity contribution in [3.05, 3.63) is 0 Å². The number of amides is 2. The molecule has 2 fully saturated rings. The van der Waals surface area contributed by atoms with Crippen LogP contribution in [0.4, 0.5) is 0 Å². The summed E-state index contributed by atoms with van der Waals surface area (Å²) in [6.07, 6.45) is 5.97. The number of imide groups is 1. The third kappa shape index (κ3) is 2.17. The summed E-state index contributed by atoms with van der Waals surface area (Å²) in [5, 5.41) is 18.3. The number of hydrogen-bond acceptors (Lipinski definition) is 4. The normalized spacial score (nSPS) is 24.1. The van der Waals surface area contributed by atoms with Crippen molar-refractivity contribution in [1.82, 2.24) is 4.90 Å². The van der Waals surface area contributed by atoms with Gasteiger partial charge in [-0.2, -0.15) is 0 Å². The van der Waals surface area contributed by atoms with Gasteiger partial charge in [-0.3, -0.25) is 14.5 Å². The summed E-state index contributed by atoms with van der Waals surface area (Å²) in [5.74, 6) is -0.419. The van der Waals surface area contributed by atoms with E-state index in [1.165, 1.54) is 0 Å². The molecule has 0 aromatic rings. The van der Waals surface area contributed by atoms with Crippen molar-refractivity contribution >= 4 is 11.8 Å². The van der Waals surface area contributed by atoms with E-state index < -0.39 is 11.5 Å². The lowest BCUT2D eigenvalue weighted by atomic mass is 9.79. The van der Waals surface area contributed by atoms with Crippen LogP contribution in [0.2, 0.25) is 0 Å². The molecule has 5 heteroatoms. The average Bonchev–Trinajstić information content (AvgIpc) is 2.56. The minimum absolute atomic E-state index is 0.178. The topological polar surface area (TPSA) is 77.8 Å². The van der Waals surface area contributed by atoms with Crippen LogP contribution in [-0.2, 0) is 9.59 Å². The predicted octanol–water partition coefficient (Wildman–Crippen LogP) is 0.439. The van der Waals surface area contributed by atoms with Crippen molar-refractivity contribution in [2.75, 3.05) is 13.2 Å². The standard InChI is InChI=1S/C13H21NO4/c15-8-10(9-16)14-11(17)7-13(12(14)18)5-3-1-2-4-6-13/h10,15-16H,1-9H2. The molecular weight excluding hydrogens is 234 g/mol. The van der Waals surface area contributed by atoms with Crippen molar-refractivity contribution in [1.29, 1.82) is 0 Å². The third-order valence-corrected chi connectivity index (χ3v) is 4.28. The van der Waals surface area contributed by atoms with Gasteiger partial charge in [-0.15, -0.1) is 0 Å². The zero-order valence-electron chi connectivity index (χ0n) is 10.6. The van der Waals surface area contributed by atoms with Gasteiger partial charge in [-0.05, 0) is 12.8 Å². The molecule has 2 amide bonds. The fourth-order valence-corrected chi connectivity index (χ4v) is 3.21. The Labute approximate surface area is 107 Å². The van der Waals surface area contributed by atoms with Crippen LogP contribution in [0, 0.1) is 5.41 Å². The molecular formula is C13H21NO4. The predicted molar refractivity (Wildman–Crippen MR) is 64.6 cm³/mol. The van der Waals surface area contributed by atoms with E-state index in [9.17, 15) is 9.59 Å². The molecule has 1 saturated carbocycles.